The smallest absolute Gasteiger partial charge is 0.109 e. The molecule has 0 spiro atoms. The minimum Gasteiger partial charge on any atom is -0.379 e. The van der Waals surface area contributed by atoms with Crippen molar-refractivity contribution in [3.05, 3.63) is 29.0 Å². The molecule has 1 saturated heterocycles. The molecule has 1 aromatic heterocycles. The Morgan fingerprint density at radius 3 is 2.81 bits per heavy atom. The van der Waals surface area contributed by atoms with Crippen LogP contribution in [0.3, 0.4) is 0 Å². The Morgan fingerprint density at radius 1 is 1.24 bits per heavy atom. The summed E-state index contributed by atoms with van der Waals surface area (Å²) in [7, 11) is 0. The number of aromatic nitrogens is 2. The van der Waals surface area contributed by atoms with E-state index in [0.717, 1.165) is 68.6 Å². The maximum atomic E-state index is 6.06. The van der Waals surface area contributed by atoms with E-state index in [9.17, 15) is 0 Å². The molecule has 21 heavy (non-hydrogen) atoms. The number of morpholine rings is 1. The van der Waals surface area contributed by atoms with E-state index in [-0.39, 0.29) is 0 Å². The van der Waals surface area contributed by atoms with Gasteiger partial charge in [0.1, 0.15) is 5.82 Å². The average Bonchev–Trinajstić information content (AvgIpc) is 2.85. The second kappa shape index (κ2) is 6.77. The van der Waals surface area contributed by atoms with E-state index in [1.807, 2.05) is 12.1 Å². The van der Waals surface area contributed by atoms with Crippen molar-refractivity contribution in [2.24, 2.45) is 0 Å². The van der Waals surface area contributed by atoms with Gasteiger partial charge < -0.3 is 9.30 Å². The molecule has 0 bridgehead atoms. The fourth-order valence-electron chi connectivity index (χ4n) is 2.95. The van der Waals surface area contributed by atoms with Crippen LogP contribution in [0.25, 0.3) is 11.0 Å². The third kappa shape index (κ3) is 3.39. The van der Waals surface area contributed by atoms with Crippen LogP contribution in [0.5, 0.6) is 0 Å². The maximum absolute atomic E-state index is 6.06. The minimum absolute atomic E-state index is 0.753. The number of nitrogens with zero attached hydrogens (tertiary/aromatic N) is 3. The van der Waals surface area contributed by atoms with Gasteiger partial charge in [0.05, 0.1) is 24.2 Å². The van der Waals surface area contributed by atoms with E-state index >= 15 is 0 Å². The van der Waals surface area contributed by atoms with E-state index in [0.29, 0.717) is 0 Å². The lowest BCUT2D eigenvalue weighted by Gasteiger charge is -2.26. The van der Waals surface area contributed by atoms with Crippen LogP contribution in [-0.2, 0) is 17.7 Å². The Balaban J connectivity index is 1.70. The number of aryl methyl sites for hydroxylation is 2. The first-order valence-electron chi connectivity index (χ1n) is 7.72. The standard InChI is InChI=1S/C16H22ClN3O/c1-2-16-18-14-12-13(17)4-5-15(14)20(16)7-3-6-19-8-10-21-11-9-19/h4-5,12H,2-3,6-11H2,1H3. The summed E-state index contributed by atoms with van der Waals surface area (Å²) in [5, 5.41) is 0.753. The second-order valence-electron chi connectivity index (χ2n) is 5.47. The van der Waals surface area contributed by atoms with Gasteiger partial charge >= 0.3 is 0 Å². The van der Waals surface area contributed by atoms with Crippen LogP contribution in [0.4, 0.5) is 0 Å². The monoisotopic (exact) mass is 307 g/mol. The molecule has 0 unspecified atom stereocenters. The summed E-state index contributed by atoms with van der Waals surface area (Å²) in [6.07, 6.45) is 2.09. The number of hydrogen-bond donors (Lipinski definition) is 0. The van der Waals surface area contributed by atoms with Crippen LogP contribution in [0.15, 0.2) is 18.2 Å². The van der Waals surface area contributed by atoms with Crippen molar-refractivity contribution in [3.63, 3.8) is 0 Å². The molecule has 1 aliphatic rings. The number of hydrogen-bond acceptors (Lipinski definition) is 3. The van der Waals surface area contributed by atoms with Crippen LogP contribution in [-0.4, -0.2) is 47.3 Å². The molecule has 5 heteroatoms. The van der Waals surface area contributed by atoms with Gasteiger partial charge in [0.2, 0.25) is 0 Å². The molecule has 1 fully saturated rings. The largest absolute Gasteiger partial charge is 0.379 e. The summed E-state index contributed by atoms with van der Waals surface area (Å²) in [5.74, 6) is 1.15. The van der Waals surface area contributed by atoms with Crippen LogP contribution in [0, 0.1) is 0 Å². The zero-order valence-corrected chi connectivity index (χ0v) is 13.3. The predicted octanol–water partition coefficient (Wildman–Crippen LogP) is 2.97. The minimum atomic E-state index is 0.753. The molecule has 1 aliphatic heterocycles. The van der Waals surface area contributed by atoms with Gasteiger partial charge in [0.25, 0.3) is 0 Å². The number of rotatable bonds is 5. The molecule has 1 aromatic carbocycles. The first-order valence-corrected chi connectivity index (χ1v) is 8.10. The molecule has 0 saturated carbocycles. The topological polar surface area (TPSA) is 30.3 Å². The van der Waals surface area contributed by atoms with E-state index in [2.05, 4.69) is 22.5 Å². The molecule has 0 N–H and O–H groups in total. The number of benzene rings is 1. The summed E-state index contributed by atoms with van der Waals surface area (Å²) in [6, 6.07) is 5.98. The Bertz CT molecular complexity index is 605. The van der Waals surface area contributed by atoms with Gasteiger partial charge in [-0.1, -0.05) is 18.5 Å². The highest BCUT2D eigenvalue weighted by molar-refractivity contribution is 6.31. The fraction of sp³-hybridized carbons (Fsp3) is 0.562. The van der Waals surface area contributed by atoms with E-state index in [1.165, 1.54) is 5.52 Å². The van der Waals surface area contributed by atoms with Gasteiger partial charge in [0.15, 0.2) is 0 Å². The lowest BCUT2D eigenvalue weighted by molar-refractivity contribution is 0.0369. The van der Waals surface area contributed by atoms with Crippen LogP contribution in [0.2, 0.25) is 5.02 Å². The molecule has 4 nitrogen and oxygen atoms in total. The van der Waals surface area contributed by atoms with Gasteiger partial charge in [0, 0.05) is 37.6 Å². The molecule has 0 aliphatic carbocycles. The zero-order valence-electron chi connectivity index (χ0n) is 12.5. The van der Waals surface area contributed by atoms with Crippen molar-refractivity contribution < 1.29 is 4.74 Å². The SMILES string of the molecule is CCc1nc2cc(Cl)ccc2n1CCCN1CCOCC1. The number of halogens is 1. The van der Waals surface area contributed by atoms with E-state index < -0.39 is 0 Å². The molecule has 2 aromatic rings. The number of ether oxygens (including phenoxy) is 1. The van der Waals surface area contributed by atoms with Gasteiger partial charge in [-0.25, -0.2) is 4.98 Å². The number of fused-ring (bicyclic) bond motifs is 1. The molecule has 2 heterocycles. The van der Waals surface area contributed by atoms with Crippen LogP contribution >= 0.6 is 11.6 Å². The summed E-state index contributed by atoms with van der Waals surface area (Å²) in [4.78, 5) is 7.18. The van der Waals surface area contributed by atoms with Crippen molar-refractivity contribution in [1.82, 2.24) is 14.5 Å². The first kappa shape index (κ1) is 14.8. The Morgan fingerprint density at radius 2 is 2.05 bits per heavy atom. The Hall–Kier alpha value is -1.10. The summed E-state index contributed by atoms with van der Waals surface area (Å²) < 4.78 is 7.73. The van der Waals surface area contributed by atoms with Crippen molar-refractivity contribution in [3.8, 4) is 0 Å². The van der Waals surface area contributed by atoms with Crippen LogP contribution < -0.4 is 0 Å². The van der Waals surface area contributed by atoms with E-state index in [4.69, 9.17) is 21.3 Å². The van der Waals surface area contributed by atoms with Gasteiger partial charge in [-0.15, -0.1) is 0 Å². The lowest BCUT2D eigenvalue weighted by Crippen LogP contribution is -2.37. The second-order valence-corrected chi connectivity index (χ2v) is 5.91. The number of imidazole rings is 1. The highest BCUT2D eigenvalue weighted by atomic mass is 35.5. The van der Waals surface area contributed by atoms with E-state index in [1.54, 1.807) is 0 Å². The molecule has 3 rings (SSSR count). The zero-order chi connectivity index (χ0) is 14.7. The molecular formula is C16H22ClN3O. The third-order valence-electron chi connectivity index (χ3n) is 4.07. The highest BCUT2D eigenvalue weighted by Gasteiger charge is 2.12. The van der Waals surface area contributed by atoms with Gasteiger partial charge in [-0.3, -0.25) is 4.90 Å². The predicted molar refractivity (Wildman–Crippen MR) is 86.0 cm³/mol. The van der Waals surface area contributed by atoms with Crippen LogP contribution in [0.1, 0.15) is 19.2 Å². The average molecular weight is 308 g/mol. The summed E-state index contributed by atoms with van der Waals surface area (Å²) >= 11 is 6.06. The Kier molecular flexibility index (Phi) is 4.78. The van der Waals surface area contributed by atoms with Crippen molar-refractivity contribution >= 4 is 22.6 Å². The summed E-state index contributed by atoms with van der Waals surface area (Å²) in [6.45, 7) is 8.14. The van der Waals surface area contributed by atoms with Crippen molar-refractivity contribution in [2.75, 3.05) is 32.8 Å². The molecule has 114 valence electrons. The molecule has 0 amide bonds. The maximum Gasteiger partial charge on any atom is 0.109 e. The third-order valence-corrected chi connectivity index (χ3v) is 4.30. The van der Waals surface area contributed by atoms with Crippen molar-refractivity contribution in [2.45, 2.75) is 26.3 Å². The summed E-state index contributed by atoms with van der Waals surface area (Å²) in [5.41, 5.74) is 2.20. The highest BCUT2D eigenvalue weighted by Crippen LogP contribution is 2.21. The van der Waals surface area contributed by atoms with Gasteiger partial charge in [-0.2, -0.15) is 0 Å². The molecular weight excluding hydrogens is 286 g/mol. The van der Waals surface area contributed by atoms with Gasteiger partial charge in [-0.05, 0) is 24.6 Å². The molecule has 0 atom stereocenters. The Labute approximate surface area is 130 Å². The van der Waals surface area contributed by atoms with Crippen molar-refractivity contribution in [1.29, 1.82) is 0 Å². The molecule has 0 radical (unpaired) electrons. The lowest BCUT2D eigenvalue weighted by atomic mass is 10.3. The first-order chi connectivity index (χ1) is 10.3. The normalized spacial score (nSPS) is 16.7. The fourth-order valence-corrected chi connectivity index (χ4v) is 3.12. The quantitative estimate of drug-likeness (QED) is 0.851.